The molecule has 6 heteroatoms. The van der Waals surface area contributed by atoms with Gasteiger partial charge in [-0.15, -0.1) is 0 Å². The molecule has 0 spiro atoms. The number of allylic oxidation sites excluding steroid dienone is 2. The van der Waals surface area contributed by atoms with Crippen LogP contribution >= 0.6 is 0 Å². The van der Waals surface area contributed by atoms with Gasteiger partial charge in [0.25, 0.3) is 0 Å². The van der Waals surface area contributed by atoms with Crippen molar-refractivity contribution in [2.24, 2.45) is 0 Å². The molecule has 1 aliphatic heterocycles. The minimum absolute atomic E-state index is 0.101. The molecule has 0 bridgehead atoms. The lowest BCUT2D eigenvalue weighted by atomic mass is 10.1. The van der Waals surface area contributed by atoms with Gasteiger partial charge in [0.1, 0.15) is 12.4 Å². The highest BCUT2D eigenvalue weighted by molar-refractivity contribution is 5.88. The Morgan fingerprint density at radius 2 is 1.84 bits per heavy atom. The molecule has 0 aliphatic carbocycles. The van der Waals surface area contributed by atoms with Crippen molar-refractivity contribution in [1.82, 2.24) is 10.2 Å². The van der Waals surface area contributed by atoms with Crippen molar-refractivity contribution in [3.05, 3.63) is 83.4 Å². The SMILES string of the molecule is N=C/C(=C\C=C\c1ccc(OCCN2CCOCC2)cc1)CC(=O)NCc1ccccc1. The van der Waals surface area contributed by atoms with Crippen molar-refractivity contribution < 1.29 is 14.3 Å². The molecule has 0 atom stereocenters. The van der Waals surface area contributed by atoms with Gasteiger partial charge < -0.3 is 20.2 Å². The van der Waals surface area contributed by atoms with Gasteiger partial charge in [0.15, 0.2) is 0 Å². The van der Waals surface area contributed by atoms with E-state index in [1.807, 2.05) is 66.7 Å². The van der Waals surface area contributed by atoms with Crippen molar-refractivity contribution in [3.8, 4) is 5.75 Å². The number of hydrogen-bond acceptors (Lipinski definition) is 5. The molecule has 0 saturated carbocycles. The highest BCUT2D eigenvalue weighted by atomic mass is 16.5. The largest absolute Gasteiger partial charge is 0.492 e. The van der Waals surface area contributed by atoms with Gasteiger partial charge in [-0.25, -0.2) is 0 Å². The number of nitrogens with one attached hydrogen (secondary N) is 2. The van der Waals surface area contributed by atoms with Crippen LogP contribution in [0.3, 0.4) is 0 Å². The Labute approximate surface area is 190 Å². The van der Waals surface area contributed by atoms with E-state index in [1.165, 1.54) is 6.21 Å². The van der Waals surface area contributed by atoms with Crippen molar-refractivity contribution in [2.75, 3.05) is 39.5 Å². The quantitative estimate of drug-likeness (QED) is 0.419. The van der Waals surface area contributed by atoms with Crippen LogP contribution in [0.25, 0.3) is 6.08 Å². The van der Waals surface area contributed by atoms with Crippen molar-refractivity contribution in [1.29, 1.82) is 5.41 Å². The molecule has 1 saturated heterocycles. The monoisotopic (exact) mass is 433 g/mol. The van der Waals surface area contributed by atoms with E-state index in [-0.39, 0.29) is 12.3 Å². The van der Waals surface area contributed by atoms with Crippen LogP contribution in [0.5, 0.6) is 5.75 Å². The van der Waals surface area contributed by atoms with Crippen LogP contribution in [0.4, 0.5) is 0 Å². The molecule has 2 N–H and O–H groups in total. The Hall–Kier alpha value is -3.22. The number of hydrogen-bond donors (Lipinski definition) is 2. The summed E-state index contributed by atoms with van der Waals surface area (Å²) in [5.41, 5.74) is 2.73. The van der Waals surface area contributed by atoms with Crippen LogP contribution < -0.4 is 10.1 Å². The Morgan fingerprint density at radius 3 is 2.56 bits per heavy atom. The molecule has 1 amide bonds. The highest BCUT2D eigenvalue weighted by Crippen LogP contribution is 2.14. The maximum atomic E-state index is 12.1. The molecule has 0 aromatic heterocycles. The second kappa shape index (κ2) is 13.2. The summed E-state index contributed by atoms with van der Waals surface area (Å²) in [6, 6.07) is 17.7. The zero-order chi connectivity index (χ0) is 22.4. The van der Waals surface area contributed by atoms with Gasteiger partial charge in [-0.1, -0.05) is 60.7 Å². The van der Waals surface area contributed by atoms with E-state index in [1.54, 1.807) is 6.08 Å². The van der Waals surface area contributed by atoms with Gasteiger partial charge in [-0.2, -0.15) is 0 Å². The lowest BCUT2D eigenvalue weighted by Gasteiger charge is -2.26. The predicted octanol–water partition coefficient (Wildman–Crippen LogP) is 3.69. The third kappa shape index (κ3) is 8.49. The lowest BCUT2D eigenvalue weighted by Crippen LogP contribution is -2.38. The first-order valence-corrected chi connectivity index (χ1v) is 10.9. The molecule has 168 valence electrons. The van der Waals surface area contributed by atoms with Crippen LogP contribution in [0.1, 0.15) is 17.5 Å². The topological polar surface area (TPSA) is 74.6 Å². The number of carbonyl (C=O) groups is 1. The Morgan fingerprint density at radius 1 is 1.09 bits per heavy atom. The van der Waals surface area contributed by atoms with E-state index in [0.29, 0.717) is 18.7 Å². The third-order valence-corrected chi connectivity index (χ3v) is 5.14. The summed E-state index contributed by atoms with van der Waals surface area (Å²) in [6.07, 6.45) is 7.00. The summed E-state index contributed by atoms with van der Waals surface area (Å²) in [5.74, 6) is 0.747. The molecule has 0 radical (unpaired) electrons. The average molecular weight is 434 g/mol. The minimum atomic E-state index is -0.101. The van der Waals surface area contributed by atoms with Gasteiger partial charge >= 0.3 is 0 Å². The molecule has 1 aliphatic rings. The zero-order valence-electron chi connectivity index (χ0n) is 18.3. The maximum Gasteiger partial charge on any atom is 0.224 e. The van der Waals surface area contributed by atoms with E-state index in [4.69, 9.17) is 14.9 Å². The molecule has 1 fully saturated rings. The molecule has 2 aromatic carbocycles. The summed E-state index contributed by atoms with van der Waals surface area (Å²) in [4.78, 5) is 14.5. The molecule has 2 aromatic rings. The van der Waals surface area contributed by atoms with Crippen molar-refractivity contribution >= 4 is 18.2 Å². The molecule has 1 heterocycles. The van der Waals surface area contributed by atoms with E-state index in [9.17, 15) is 4.79 Å². The molecular weight excluding hydrogens is 402 g/mol. The highest BCUT2D eigenvalue weighted by Gasteiger charge is 2.09. The van der Waals surface area contributed by atoms with Gasteiger partial charge in [0, 0.05) is 32.4 Å². The summed E-state index contributed by atoms with van der Waals surface area (Å²) < 4.78 is 11.2. The number of benzene rings is 2. The van der Waals surface area contributed by atoms with Crippen LogP contribution in [-0.4, -0.2) is 56.5 Å². The van der Waals surface area contributed by atoms with Crippen LogP contribution in [0.15, 0.2) is 72.3 Å². The summed E-state index contributed by atoms with van der Waals surface area (Å²) in [5, 5.41) is 10.5. The number of amides is 1. The zero-order valence-corrected chi connectivity index (χ0v) is 18.3. The Kier molecular flexibility index (Phi) is 9.71. The second-order valence-electron chi connectivity index (χ2n) is 7.56. The summed E-state index contributed by atoms with van der Waals surface area (Å²) >= 11 is 0. The molecule has 6 nitrogen and oxygen atoms in total. The molecule has 0 unspecified atom stereocenters. The fourth-order valence-corrected chi connectivity index (χ4v) is 3.28. The van der Waals surface area contributed by atoms with E-state index in [0.717, 1.165) is 49.7 Å². The number of rotatable bonds is 11. The second-order valence-corrected chi connectivity index (χ2v) is 7.56. The average Bonchev–Trinajstić information content (AvgIpc) is 2.84. The Bertz CT molecular complexity index is 902. The van der Waals surface area contributed by atoms with Crippen LogP contribution in [0.2, 0.25) is 0 Å². The first-order valence-electron chi connectivity index (χ1n) is 10.9. The first kappa shape index (κ1) is 23.4. The number of ether oxygens (including phenoxy) is 2. The van der Waals surface area contributed by atoms with Gasteiger partial charge in [-0.3, -0.25) is 9.69 Å². The maximum absolute atomic E-state index is 12.1. The first-order chi connectivity index (χ1) is 15.7. The van der Waals surface area contributed by atoms with Gasteiger partial charge in [-0.05, 0) is 28.8 Å². The van der Waals surface area contributed by atoms with E-state index in [2.05, 4.69) is 10.2 Å². The molecule has 3 rings (SSSR count). The summed E-state index contributed by atoms with van der Waals surface area (Å²) in [7, 11) is 0. The summed E-state index contributed by atoms with van der Waals surface area (Å²) in [6.45, 7) is 5.58. The number of nitrogens with zero attached hydrogens (tertiary/aromatic N) is 1. The standard InChI is InChI=1S/C26H31N3O3/c27-20-24(19-26(30)28-21-23-5-2-1-3-6-23)8-4-7-22-9-11-25(12-10-22)32-18-15-29-13-16-31-17-14-29/h1-12,20,27H,13-19,21H2,(H,28,30)/b7-4+,24-8-,27-20?. The predicted molar refractivity (Wildman–Crippen MR) is 128 cm³/mol. The number of morpholine rings is 1. The Balaban J connectivity index is 1.41. The third-order valence-electron chi connectivity index (χ3n) is 5.14. The van der Waals surface area contributed by atoms with Crippen molar-refractivity contribution in [3.63, 3.8) is 0 Å². The smallest absolute Gasteiger partial charge is 0.224 e. The molecular formula is C26H31N3O3. The van der Waals surface area contributed by atoms with Crippen LogP contribution in [-0.2, 0) is 16.1 Å². The van der Waals surface area contributed by atoms with Gasteiger partial charge in [0.05, 0.1) is 19.6 Å². The fourth-order valence-electron chi connectivity index (χ4n) is 3.28. The number of carbonyl (C=O) groups excluding carboxylic acids is 1. The van der Waals surface area contributed by atoms with Gasteiger partial charge in [0.2, 0.25) is 5.91 Å². The minimum Gasteiger partial charge on any atom is -0.492 e. The van der Waals surface area contributed by atoms with E-state index >= 15 is 0 Å². The van der Waals surface area contributed by atoms with Crippen LogP contribution in [0, 0.1) is 5.41 Å². The normalized spacial score (nSPS) is 14.9. The molecule has 32 heavy (non-hydrogen) atoms. The van der Waals surface area contributed by atoms with E-state index < -0.39 is 0 Å². The fraction of sp³-hybridized carbons (Fsp3) is 0.308. The van der Waals surface area contributed by atoms with Crippen molar-refractivity contribution in [2.45, 2.75) is 13.0 Å². The lowest BCUT2D eigenvalue weighted by molar-refractivity contribution is -0.120.